The molecule has 0 aromatic heterocycles. The van der Waals surface area contributed by atoms with E-state index < -0.39 is 21.8 Å². The van der Waals surface area contributed by atoms with E-state index in [1.807, 2.05) is 6.08 Å². The number of hydrogen-bond acceptors (Lipinski definition) is 4. The maximum absolute atomic E-state index is 12.8. The Morgan fingerprint density at radius 3 is 2.34 bits per heavy atom. The number of nitrogens with zero attached hydrogens (tertiary/aromatic N) is 1. The maximum atomic E-state index is 12.8. The van der Waals surface area contributed by atoms with Gasteiger partial charge in [0.2, 0.25) is 10.0 Å². The van der Waals surface area contributed by atoms with Crippen molar-refractivity contribution in [2.24, 2.45) is 5.73 Å². The van der Waals surface area contributed by atoms with Crippen molar-refractivity contribution in [3.8, 4) is 0 Å². The van der Waals surface area contributed by atoms with Gasteiger partial charge in [-0.25, -0.2) is 8.42 Å². The molecule has 1 unspecified atom stereocenters. The summed E-state index contributed by atoms with van der Waals surface area (Å²) in [6.07, 6.45) is 5.25. The lowest BCUT2D eigenvalue weighted by Crippen LogP contribution is -2.40. The number of unbranched alkanes of at least 4 members (excludes halogenated alkanes) is 2. The molecule has 32 heavy (non-hydrogen) atoms. The Hall–Kier alpha value is -1.42. The van der Waals surface area contributed by atoms with E-state index in [-0.39, 0.29) is 23.1 Å². The highest BCUT2D eigenvalue weighted by molar-refractivity contribution is 7.89. The summed E-state index contributed by atoms with van der Waals surface area (Å²) in [4.78, 5) is -0.126. The van der Waals surface area contributed by atoms with E-state index in [1.165, 1.54) is 11.4 Å². The van der Waals surface area contributed by atoms with Crippen molar-refractivity contribution in [2.75, 3.05) is 13.7 Å². The molecule has 5 nitrogen and oxygen atoms in total. The van der Waals surface area contributed by atoms with Gasteiger partial charge in [-0.3, -0.25) is 0 Å². The normalized spacial score (nSPS) is 20.9. The Kier molecular flexibility index (Phi) is 10.2. The van der Waals surface area contributed by atoms with E-state index in [0.717, 1.165) is 69.2 Å². The molecule has 0 aliphatic heterocycles. The number of rotatable bonds is 12. The minimum Gasteiger partial charge on any atom is -0.378 e. The summed E-state index contributed by atoms with van der Waals surface area (Å²) in [6, 6.07) is 3.64. The molecular weight excluding hydrogens is 441 g/mol. The van der Waals surface area contributed by atoms with Gasteiger partial charge in [0.1, 0.15) is 0 Å². The second kappa shape index (κ2) is 12.2. The van der Waals surface area contributed by atoms with E-state index in [4.69, 9.17) is 10.5 Å². The maximum Gasteiger partial charge on any atom is 0.416 e. The zero-order chi connectivity index (χ0) is 23.8. The lowest BCUT2D eigenvalue weighted by molar-refractivity contribution is -0.137. The van der Waals surface area contributed by atoms with Gasteiger partial charge in [0.05, 0.1) is 16.6 Å². The molecule has 0 spiro atoms. The minimum atomic E-state index is -4.50. The van der Waals surface area contributed by atoms with Gasteiger partial charge in [0, 0.05) is 25.7 Å². The molecule has 2 N–H and O–H groups in total. The quantitative estimate of drug-likeness (QED) is 0.336. The van der Waals surface area contributed by atoms with Crippen molar-refractivity contribution in [3.05, 3.63) is 42.5 Å². The summed E-state index contributed by atoms with van der Waals surface area (Å²) in [7, 11) is -2.35. The third-order valence-electron chi connectivity index (χ3n) is 6.06. The van der Waals surface area contributed by atoms with Crippen LogP contribution < -0.4 is 5.73 Å². The predicted molar refractivity (Wildman–Crippen MR) is 120 cm³/mol. The summed E-state index contributed by atoms with van der Waals surface area (Å²) >= 11 is 0. The Morgan fingerprint density at radius 2 is 1.78 bits per heavy atom. The summed E-state index contributed by atoms with van der Waals surface area (Å²) in [5, 5.41) is 0. The summed E-state index contributed by atoms with van der Waals surface area (Å²) in [5.41, 5.74) is 5.09. The smallest absolute Gasteiger partial charge is 0.378 e. The average molecular weight is 477 g/mol. The third-order valence-corrected chi connectivity index (χ3v) is 7.98. The number of halogens is 3. The molecule has 1 aliphatic rings. The van der Waals surface area contributed by atoms with Crippen LogP contribution in [0.1, 0.15) is 63.4 Å². The molecule has 1 atom stereocenters. The molecule has 0 radical (unpaired) electrons. The molecule has 1 aromatic rings. The fraction of sp³-hybridized carbons (Fsp3) is 0.652. The first-order valence-electron chi connectivity index (χ1n) is 11.2. The SMILES string of the molecule is C=CCC(N)CCCCCOC1CCC(N(C)S(=O)(=O)c2ccc(C(F)(F)F)cc2)CC1. The van der Waals surface area contributed by atoms with Crippen LogP contribution in [0.3, 0.4) is 0 Å². The molecular formula is C23H35F3N2O3S. The van der Waals surface area contributed by atoms with Crippen molar-refractivity contribution >= 4 is 10.0 Å². The second-order valence-electron chi connectivity index (χ2n) is 8.48. The number of ether oxygens (including phenoxy) is 1. The van der Waals surface area contributed by atoms with Gasteiger partial charge < -0.3 is 10.5 Å². The van der Waals surface area contributed by atoms with Crippen molar-refractivity contribution in [2.45, 2.75) is 87.0 Å². The molecule has 0 saturated heterocycles. The topological polar surface area (TPSA) is 72.6 Å². The molecule has 1 fully saturated rings. The van der Waals surface area contributed by atoms with Crippen LogP contribution in [-0.2, 0) is 20.9 Å². The number of benzene rings is 1. The first-order chi connectivity index (χ1) is 15.1. The summed E-state index contributed by atoms with van der Waals surface area (Å²) in [5.74, 6) is 0. The Morgan fingerprint density at radius 1 is 1.16 bits per heavy atom. The van der Waals surface area contributed by atoms with E-state index in [1.54, 1.807) is 0 Å². The van der Waals surface area contributed by atoms with Gasteiger partial charge in [0.25, 0.3) is 0 Å². The average Bonchev–Trinajstić information content (AvgIpc) is 2.75. The van der Waals surface area contributed by atoms with Crippen molar-refractivity contribution in [3.63, 3.8) is 0 Å². The zero-order valence-electron chi connectivity index (χ0n) is 18.7. The highest BCUT2D eigenvalue weighted by atomic mass is 32.2. The standard InChI is InChI=1S/C23H35F3N2O3S/c1-3-7-19(27)8-5-4-6-17-31-21-13-11-20(12-14-21)28(2)32(29,30)22-15-9-18(10-16-22)23(24,25)26/h3,9-10,15-16,19-21H,1,4-8,11-14,17,27H2,2H3. The van der Waals surface area contributed by atoms with Gasteiger partial charge in [0.15, 0.2) is 0 Å². The highest BCUT2D eigenvalue weighted by Crippen LogP contribution is 2.32. The molecule has 2 rings (SSSR count). The van der Waals surface area contributed by atoms with Crippen molar-refractivity contribution < 1.29 is 26.3 Å². The molecule has 0 heterocycles. The minimum absolute atomic E-state index is 0.122. The molecule has 0 amide bonds. The zero-order valence-corrected chi connectivity index (χ0v) is 19.5. The largest absolute Gasteiger partial charge is 0.416 e. The van der Waals surface area contributed by atoms with Crippen LogP contribution in [0.25, 0.3) is 0 Å². The van der Waals surface area contributed by atoms with Crippen molar-refractivity contribution in [1.29, 1.82) is 0 Å². The van der Waals surface area contributed by atoms with Gasteiger partial charge >= 0.3 is 6.18 Å². The van der Waals surface area contributed by atoms with E-state index in [2.05, 4.69) is 6.58 Å². The van der Waals surface area contributed by atoms with Crippen LogP contribution in [0, 0.1) is 0 Å². The fourth-order valence-electron chi connectivity index (χ4n) is 4.02. The van der Waals surface area contributed by atoms with Gasteiger partial charge in [-0.1, -0.05) is 18.9 Å². The van der Waals surface area contributed by atoms with Crippen LogP contribution in [0.4, 0.5) is 13.2 Å². The molecule has 0 bridgehead atoms. The molecule has 1 aliphatic carbocycles. The van der Waals surface area contributed by atoms with Crippen molar-refractivity contribution in [1.82, 2.24) is 4.31 Å². The first kappa shape index (κ1) is 26.8. The van der Waals surface area contributed by atoms with Crippen LogP contribution in [0.2, 0.25) is 0 Å². The van der Waals surface area contributed by atoms with Crippen LogP contribution >= 0.6 is 0 Å². The molecule has 182 valence electrons. The fourth-order valence-corrected chi connectivity index (χ4v) is 5.44. The van der Waals surface area contributed by atoms with Gasteiger partial charge in [-0.2, -0.15) is 17.5 Å². The number of hydrogen-bond donors (Lipinski definition) is 1. The molecule has 1 aromatic carbocycles. The van der Waals surface area contributed by atoms with Gasteiger partial charge in [-0.15, -0.1) is 6.58 Å². The Bertz CT molecular complexity index is 805. The van der Waals surface area contributed by atoms with E-state index >= 15 is 0 Å². The van der Waals surface area contributed by atoms with Gasteiger partial charge in [-0.05, 0) is 69.2 Å². The molecule has 1 saturated carbocycles. The number of nitrogens with two attached hydrogens (primary N) is 1. The third kappa shape index (κ3) is 7.86. The van der Waals surface area contributed by atoms with Crippen LogP contribution in [0.5, 0.6) is 0 Å². The first-order valence-corrected chi connectivity index (χ1v) is 12.6. The lowest BCUT2D eigenvalue weighted by atomic mass is 9.93. The lowest BCUT2D eigenvalue weighted by Gasteiger charge is -2.34. The summed E-state index contributed by atoms with van der Waals surface area (Å²) in [6.45, 7) is 4.38. The molecule has 9 heteroatoms. The second-order valence-corrected chi connectivity index (χ2v) is 10.5. The van der Waals surface area contributed by atoms with Crippen LogP contribution in [0.15, 0.2) is 41.8 Å². The number of alkyl halides is 3. The number of sulfonamides is 1. The van der Waals surface area contributed by atoms with E-state index in [9.17, 15) is 21.6 Å². The predicted octanol–water partition coefficient (Wildman–Crippen LogP) is 5.12. The van der Waals surface area contributed by atoms with Crippen LogP contribution in [-0.4, -0.2) is 44.6 Å². The monoisotopic (exact) mass is 476 g/mol. The Balaban J connectivity index is 1.74. The Labute approximate surface area is 189 Å². The highest BCUT2D eigenvalue weighted by Gasteiger charge is 2.34. The van der Waals surface area contributed by atoms with E-state index in [0.29, 0.717) is 19.4 Å². The summed E-state index contributed by atoms with van der Waals surface area (Å²) < 4.78 is 71.1.